The average molecular weight is 342 g/mol. The standard InChI is InChI=1S/C19H13F3N2O/c20-19(21,22)15-7-3-13(4-8-15)5-10-18(25)24-16-9-6-14-2-1-11-23-17(14)12-16/h1-12H,(H,24,25)/b10-5+. The van der Waals surface area contributed by atoms with Crippen molar-refractivity contribution < 1.29 is 18.0 Å². The van der Waals surface area contributed by atoms with E-state index in [4.69, 9.17) is 0 Å². The maximum Gasteiger partial charge on any atom is 0.416 e. The Hall–Kier alpha value is -3.15. The molecule has 0 atom stereocenters. The first-order valence-electron chi connectivity index (χ1n) is 7.43. The Morgan fingerprint density at radius 3 is 2.52 bits per heavy atom. The summed E-state index contributed by atoms with van der Waals surface area (Å²) >= 11 is 0. The molecule has 0 saturated carbocycles. The Morgan fingerprint density at radius 2 is 1.80 bits per heavy atom. The lowest BCUT2D eigenvalue weighted by Gasteiger charge is -2.06. The molecule has 0 fully saturated rings. The Balaban J connectivity index is 1.67. The lowest BCUT2D eigenvalue weighted by Crippen LogP contribution is -2.07. The first-order valence-corrected chi connectivity index (χ1v) is 7.43. The van der Waals surface area contributed by atoms with Crippen molar-refractivity contribution in [3.8, 4) is 0 Å². The lowest BCUT2D eigenvalue weighted by molar-refractivity contribution is -0.137. The third-order valence-electron chi connectivity index (χ3n) is 3.54. The number of hydrogen-bond donors (Lipinski definition) is 1. The summed E-state index contributed by atoms with van der Waals surface area (Å²) in [5.41, 5.74) is 1.13. The average Bonchev–Trinajstić information content (AvgIpc) is 2.59. The highest BCUT2D eigenvalue weighted by Crippen LogP contribution is 2.29. The van der Waals surface area contributed by atoms with Crippen LogP contribution in [-0.2, 0) is 11.0 Å². The number of fused-ring (bicyclic) bond motifs is 1. The van der Waals surface area contributed by atoms with Crippen LogP contribution in [0.25, 0.3) is 17.0 Å². The second-order valence-corrected chi connectivity index (χ2v) is 5.35. The van der Waals surface area contributed by atoms with Crippen LogP contribution in [0.2, 0.25) is 0 Å². The van der Waals surface area contributed by atoms with Crippen LogP contribution in [0.5, 0.6) is 0 Å². The summed E-state index contributed by atoms with van der Waals surface area (Å²) in [4.78, 5) is 16.2. The van der Waals surface area contributed by atoms with Crippen molar-refractivity contribution in [2.24, 2.45) is 0 Å². The van der Waals surface area contributed by atoms with Crippen molar-refractivity contribution >= 4 is 28.6 Å². The number of carbonyl (C=O) groups is 1. The molecule has 2 aromatic carbocycles. The van der Waals surface area contributed by atoms with E-state index in [0.29, 0.717) is 11.3 Å². The molecular formula is C19H13F3N2O. The molecule has 0 radical (unpaired) electrons. The largest absolute Gasteiger partial charge is 0.416 e. The normalized spacial score (nSPS) is 11.8. The molecule has 0 bridgehead atoms. The number of rotatable bonds is 3. The highest BCUT2D eigenvalue weighted by atomic mass is 19.4. The van der Waals surface area contributed by atoms with Crippen LogP contribution in [0, 0.1) is 0 Å². The minimum atomic E-state index is -4.37. The molecule has 3 rings (SSSR count). The van der Waals surface area contributed by atoms with Gasteiger partial charge < -0.3 is 5.32 Å². The second kappa shape index (κ2) is 6.76. The molecule has 126 valence electrons. The Labute approximate surface area is 141 Å². The molecule has 6 heteroatoms. The highest BCUT2D eigenvalue weighted by molar-refractivity contribution is 6.02. The van der Waals surface area contributed by atoms with Crippen molar-refractivity contribution in [3.63, 3.8) is 0 Å². The van der Waals surface area contributed by atoms with E-state index in [1.807, 2.05) is 18.2 Å². The van der Waals surface area contributed by atoms with E-state index in [0.717, 1.165) is 23.0 Å². The summed E-state index contributed by atoms with van der Waals surface area (Å²) in [5.74, 6) is -0.379. The molecule has 3 aromatic rings. The lowest BCUT2D eigenvalue weighted by atomic mass is 10.1. The predicted molar refractivity (Wildman–Crippen MR) is 90.9 cm³/mol. The van der Waals surface area contributed by atoms with E-state index >= 15 is 0 Å². The number of hydrogen-bond acceptors (Lipinski definition) is 2. The first kappa shape index (κ1) is 16.7. The highest BCUT2D eigenvalue weighted by Gasteiger charge is 2.29. The molecule has 25 heavy (non-hydrogen) atoms. The van der Waals surface area contributed by atoms with Crippen LogP contribution in [0.4, 0.5) is 18.9 Å². The molecule has 1 heterocycles. The van der Waals surface area contributed by atoms with Crippen LogP contribution >= 0.6 is 0 Å². The summed E-state index contributed by atoms with van der Waals surface area (Å²) in [5, 5.41) is 3.65. The summed E-state index contributed by atoms with van der Waals surface area (Å²) < 4.78 is 37.5. The first-order chi connectivity index (χ1) is 11.9. The van der Waals surface area contributed by atoms with Gasteiger partial charge in [-0.3, -0.25) is 9.78 Å². The molecule has 0 spiro atoms. The van der Waals surface area contributed by atoms with Crippen LogP contribution in [-0.4, -0.2) is 10.9 Å². The maximum absolute atomic E-state index is 12.5. The van der Waals surface area contributed by atoms with Crippen molar-refractivity contribution in [1.29, 1.82) is 0 Å². The number of carbonyl (C=O) groups excluding carboxylic acids is 1. The fraction of sp³-hybridized carbons (Fsp3) is 0.0526. The fourth-order valence-electron chi connectivity index (χ4n) is 2.28. The van der Waals surface area contributed by atoms with Crippen molar-refractivity contribution in [1.82, 2.24) is 4.98 Å². The Morgan fingerprint density at radius 1 is 1.04 bits per heavy atom. The van der Waals surface area contributed by atoms with Gasteiger partial charge in [-0.15, -0.1) is 0 Å². The van der Waals surface area contributed by atoms with Gasteiger partial charge >= 0.3 is 6.18 Å². The number of benzene rings is 2. The zero-order valence-electron chi connectivity index (χ0n) is 12.9. The number of aromatic nitrogens is 1. The van der Waals surface area contributed by atoms with Gasteiger partial charge in [-0.05, 0) is 42.0 Å². The topological polar surface area (TPSA) is 42.0 Å². The fourth-order valence-corrected chi connectivity index (χ4v) is 2.28. The summed E-state index contributed by atoms with van der Waals surface area (Å²) in [7, 11) is 0. The van der Waals surface area contributed by atoms with Crippen LogP contribution in [0.3, 0.4) is 0 Å². The molecular weight excluding hydrogens is 329 g/mol. The maximum atomic E-state index is 12.5. The predicted octanol–water partition coefficient (Wildman–Crippen LogP) is 4.91. The minimum Gasteiger partial charge on any atom is -0.322 e. The summed E-state index contributed by atoms with van der Waals surface area (Å²) in [6, 6.07) is 13.7. The van der Waals surface area contributed by atoms with Gasteiger partial charge in [0.15, 0.2) is 0 Å². The van der Waals surface area contributed by atoms with E-state index in [-0.39, 0.29) is 5.91 Å². The quantitative estimate of drug-likeness (QED) is 0.688. The SMILES string of the molecule is O=C(/C=C/c1ccc(C(F)(F)F)cc1)Nc1ccc2cccnc2c1. The number of pyridine rings is 1. The third-order valence-corrected chi connectivity index (χ3v) is 3.54. The molecule has 0 aliphatic rings. The Bertz CT molecular complexity index is 931. The summed E-state index contributed by atoms with van der Waals surface area (Å²) in [6.07, 6.45) is 0.0161. The number of anilines is 1. The molecule has 3 nitrogen and oxygen atoms in total. The molecule has 1 N–H and O–H groups in total. The van der Waals surface area contributed by atoms with Gasteiger partial charge in [-0.2, -0.15) is 13.2 Å². The molecule has 1 aromatic heterocycles. The van der Waals surface area contributed by atoms with Crippen LogP contribution in [0.15, 0.2) is 66.9 Å². The van der Waals surface area contributed by atoms with Gasteiger partial charge in [-0.25, -0.2) is 0 Å². The van der Waals surface area contributed by atoms with E-state index in [1.54, 1.807) is 18.3 Å². The van der Waals surface area contributed by atoms with E-state index in [2.05, 4.69) is 10.3 Å². The van der Waals surface area contributed by atoms with Gasteiger partial charge in [0.1, 0.15) is 0 Å². The number of nitrogens with zero attached hydrogens (tertiary/aromatic N) is 1. The van der Waals surface area contributed by atoms with Crippen molar-refractivity contribution in [2.75, 3.05) is 5.32 Å². The molecule has 0 aliphatic heterocycles. The van der Waals surface area contributed by atoms with Crippen molar-refractivity contribution in [3.05, 3.63) is 78.0 Å². The van der Waals surface area contributed by atoms with Crippen LogP contribution in [0.1, 0.15) is 11.1 Å². The monoisotopic (exact) mass is 342 g/mol. The molecule has 0 saturated heterocycles. The smallest absolute Gasteiger partial charge is 0.322 e. The van der Waals surface area contributed by atoms with Crippen LogP contribution < -0.4 is 5.32 Å². The number of nitrogens with one attached hydrogen (secondary N) is 1. The number of halogens is 3. The summed E-state index contributed by atoms with van der Waals surface area (Å²) in [6.45, 7) is 0. The van der Waals surface area contributed by atoms with E-state index in [9.17, 15) is 18.0 Å². The van der Waals surface area contributed by atoms with Gasteiger partial charge in [0.25, 0.3) is 0 Å². The molecule has 0 unspecified atom stereocenters. The molecule has 0 aliphatic carbocycles. The number of alkyl halides is 3. The zero-order valence-corrected chi connectivity index (χ0v) is 12.9. The molecule has 1 amide bonds. The van der Waals surface area contributed by atoms with Gasteiger partial charge in [0.05, 0.1) is 11.1 Å². The van der Waals surface area contributed by atoms with E-state index < -0.39 is 11.7 Å². The van der Waals surface area contributed by atoms with Crippen molar-refractivity contribution in [2.45, 2.75) is 6.18 Å². The van der Waals surface area contributed by atoms with Gasteiger partial charge in [0, 0.05) is 23.3 Å². The second-order valence-electron chi connectivity index (χ2n) is 5.35. The Kier molecular flexibility index (Phi) is 4.52. The zero-order chi connectivity index (χ0) is 17.9. The minimum absolute atomic E-state index is 0.379. The van der Waals surface area contributed by atoms with E-state index in [1.165, 1.54) is 24.3 Å². The third kappa shape index (κ3) is 4.23. The van der Waals surface area contributed by atoms with Gasteiger partial charge in [-0.1, -0.05) is 24.3 Å². The van der Waals surface area contributed by atoms with Gasteiger partial charge in [0.2, 0.25) is 5.91 Å². The number of amides is 1.